The van der Waals surface area contributed by atoms with Gasteiger partial charge in [-0.05, 0) is 76.9 Å². The van der Waals surface area contributed by atoms with Crippen LogP contribution < -0.4 is 9.62 Å². The van der Waals surface area contributed by atoms with E-state index in [4.69, 9.17) is 0 Å². The van der Waals surface area contributed by atoms with Gasteiger partial charge in [-0.25, -0.2) is 8.42 Å². The van der Waals surface area contributed by atoms with Crippen molar-refractivity contribution in [3.05, 3.63) is 95.6 Å². The second kappa shape index (κ2) is 11.8. The van der Waals surface area contributed by atoms with Crippen molar-refractivity contribution in [3.8, 4) is 0 Å². The first-order chi connectivity index (χ1) is 17.8. The highest BCUT2D eigenvalue weighted by Gasteiger charge is 2.33. The minimum absolute atomic E-state index is 0.0885. The Morgan fingerprint density at radius 2 is 1.50 bits per heavy atom. The molecule has 3 aromatic rings. The van der Waals surface area contributed by atoms with Crippen molar-refractivity contribution in [1.82, 2.24) is 10.2 Å². The van der Waals surface area contributed by atoms with E-state index in [0.29, 0.717) is 5.69 Å². The predicted molar refractivity (Wildman–Crippen MR) is 151 cm³/mol. The molecule has 0 aliphatic rings. The van der Waals surface area contributed by atoms with Gasteiger partial charge < -0.3 is 10.2 Å². The van der Waals surface area contributed by atoms with Crippen molar-refractivity contribution < 1.29 is 18.0 Å². The second-order valence-electron chi connectivity index (χ2n) is 10.6. The van der Waals surface area contributed by atoms with Crippen LogP contribution in [0, 0.1) is 13.8 Å². The fraction of sp³-hybridized carbons (Fsp3) is 0.333. The van der Waals surface area contributed by atoms with Crippen LogP contribution in [0.1, 0.15) is 44.4 Å². The maximum atomic E-state index is 13.9. The summed E-state index contributed by atoms with van der Waals surface area (Å²) >= 11 is 0. The number of anilines is 1. The number of nitrogens with zero attached hydrogens (tertiary/aromatic N) is 2. The Kier molecular flexibility index (Phi) is 8.99. The number of hydrogen-bond donors (Lipinski definition) is 1. The van der Waals surface area contributed by atoms with Crippen LogP contribution in [0.3, 0.4) is 0 Å². The predicted octanol–water partition coefficient (Wildman–Crippen LogP) is 4.83. The second-order valence-corrected chi connectivity index (χ2v) is 12.4. The molecule has 202 valence electrons. The lowest BCUT2D eigenvalue weighted by molar-refractivity contribution is -0.140. The molecule has 0 fully saturated rings. The van der Waals surface area contributed by atoms with Crippen molar-refractivity contribution in [2.45, 2.75) is 64.6 Å². The quantitative estimate of drug-likeness (QED) is 0.425. The Balaban J connectivity index is 2.03. The Morgan fingerprint density at radius 3 is 2.08 bits per heavy atom. The van der Waals surface area contributed by atoms with Crippen LogP contribution >= 0.6 is 0 Å². The number of aryl methyl sites for hydroxylation is 2. The summed E-state index contributed by atoms with van der Waals surface area (Å²) in [5.74, 6) is -0.798. The van der Waals surface area contributed by atoms with Gasteiger partial charge in [0.25, 0.3) is 10.0 Å². The van der Waals surface area contributed by atoms with Crippen molar-refractivity contribution in [3.63, 3.8) is 0 Å². The zero-order valence-corrected chi connectivity index (χ0v) is 23.7. The molecule has 1 unspecified atom stereocenters. The largest absolute Gasteiger partial charge is 0.350 e. The lowest BCUT2D eigenvalue weighted by atomic mass is 10.1. The summed E-state index contributed by atoms with van der Waals surface area (Å²) in [4.78, 5) is 28.5. The third-order valence-corrected chi connectivity index (χ3v) is 7.83. The number of hydrogen-bond acceptors (Lipinski definition) is 4. The molecule has 0 aliphatic heterocycles. The molecule has 1 N–H and O–H groups in total. The van der Waals surface area contributed by atoms with Gasteiger partial charge in [0.1, 0.15) is 12.6 Å². The molecule has 3 aromatic carbocycles. The summed E-state index contributed by atoms with van der Waals surface area (Å²) < 4.78 is 28.8. The lowest BCUT2D eigenvalue weighted by Gasteiger charge is -2.33. The first-order valence-corrected chi connectivity index (χ1v) is 14.0. The van der Waals surface area contributed by atoms with Gasteiger partial charge in [-0.1, -0.05) is 60.2 Å². The molecule has 0 radical (unpaired) electrons. The number of amides is 2. The van der Waals surface area contributed by atoms with E-state index in [2.05, 4.69) is 5.32 Å². The lowest BCUT2D eigenvalue weighted by Crippen LogP contribution is -2.54. The van der Waals surface area contributed by atoms with Crippen LogP contribution in [0.4, 0.5) is 5.69 Å². The van der Waals surface area contributed by atoms with Gasteiger partial charge in [0, 0.05) is 12.1 Å². The SMILES string of the molecule is Cc1ccc(S(=O)(=O)N(CC(=O)N(Cc2ccccc2)C(C)C(=O)NC(C)(C)C)c2cccc(C)c2)cc1. The number of nitrogens with one attached hydrogen (secondary N) is 1. The molecule has 0 aromatic heterocycles. The maximum absolute atomic E-state index is 13.9. The van der Waals surface area contributed by atoms with Gasteiger partial charge in [-0.3, -0.25) is 13.9 Å². The highest BCUT2D eigenvalue weighted by Crippen LogP contribution is 2.25. The van der Waals surface area contributed by atoms with E-state index >= 15 is 0 Å². The van der Waals surface area contributed by atoms with Crippen molar-refractivity contribution in [1.29, 1.82) is 0 Å². The average molecular weight is 536 g/mol. The highest BCUT2D eigenvalue weighted by molar-refractivity contribution is 7.92. The van der Waals surface area contributed by atoms with Gasteiger partial charge in [-0.2, -0.15) is 0 Å². The van der Waals surface area contributed by atoms with Crippen LogP contribution in [0.5, 0.6) is 0 Å². The fourth-order valence-electron chi connectivity index (χ4n) is 3.99. The Bertz CT molecular complexity index is 1360. The third kappa shape index (κ3) is 7.44. The van der Waals surface area contributed by atoms with E-state index in [-0.39, 0.29) is 17.3 Å². The van der Waals surface area contributed by atoms with Gasteiger partial charge in [-0.15, -0.1) is 0 Å². The molecule has 3 rings (SSSR count). The molecule has 2 amide bonds. The summed E-state index contributed by atoms with van der Waals surface area (Å²) in [6, 6.07) is 22.1. The molecule has 7 nitrogen and oxygen atoms in total. The van der Waals surface area contributed by atoms with Crippen LogP contribution in [-0.4, -0.2) is 43.3 Å². The van der Waals surface area contributed by atoms with Crippen LogP contribution in [0.25, 0.3) is 0 Å². The first-order valence-electron chi connectivity index (χ1n) is 12.6. The van der Waals surface area contributed by atoms with E-state index in [9.17, 15) is 18.0 Å². The van der Waals surface area contributed by atoms with Gasteiger partial charge in [0.15, 0.2) is 0 Å². The van der Waals surface area contributed by atoms with Gasteiger partial charge in [0.05, 0.1) is 10.6 Å². The number of sulfonamides is 1. The Hall–Kier alpha value is -3.65. The number of carbonyl (C=O) groups is 2. The molecule has 0 spiro atoms. The zero-order chi connectivity index (χ0) is 28.1. The Labute approximate surface area is 226 Å². The molecule has 8 heteroatoms. The van der Waals surface area contributed by atoms with Crippen LogP contribution in [0.15, 0.2) is 83.8 Å². The molecular formula is C30H37N3O4S. The van der Waals surface area contributed by atoms with E-state index in [1.807, 2.05) is 71.0 Å². The van der Waals surface area contributed by atoms with Crippen molar-refractivity contribution in [2.75, 3.05) is 10.8 Å². The van der Waals surface area contributed by atoms with Gasteiger partial charge in [0.2, 0.25) is 11.8 Å². The molecule has 0 heterocycles. The zero-order valence-electron chi connectivity index (χ0n) is 22.9. The number of rotatable bonds is 9. The number of benzene rings is 3. The molecular weight excluding hydrogens is 498 g/mol. The normalized spacial score (nSPS) is 12.5. The summed E-state index contributed by atoms with van der Waals surface area (Å²) in [6.07, 6.45) is 0. The molecule has 38 heavy (non-hydrogen) atoms. The van der Waals surface area contributed by atoms with Gasteiger partial charge >= 0.3 is 0 Å². The summed E-state index contributed by atoms with van der Waals surface area (Å²) in [5.41, 5.74) is 2.51. The third-order valence-electron chi connectivity index (χ3n) is 6.04. The van der Waals surface area contributed by atoms with E-state index < -0.39 is 34.1 Å². The monoisotopic (exact) mass is 535 g/mol. The standard InChI is InChI=1S/C30H37N3O4S/c1-22-15-17-27(18-16-22)38(36,37)33(26-14-10-11-23(2)19-26)21-28(34)32(20-25-12-8-7-9-13-25)24(3)29(35)31-30(4,5)6/h7-19,24H,20-21H2,1-6H3,(H,31,35). The molecule has 0 aliphatic carbocycles. The molecule has 0 saturated carbocycles. The smallest absolute Gasteiger partial charge is 0.264 e. The van der Waals surface area contributed by atoms with Crippen LogP contribution in [0.2, 0.25) is 0 Å². The van der Waals surface area contributed by atoms with Crippen molar-refractivity contribution >= 4 is 27.5 Å². The number of carbonyl (C=O) groups excluding carboxylic acids is 2. The highest BCUT2D eigenvalue weighted by atomic mass is 32.2. The maximum Gasteiger partial charge on any atom is 0.264 e. The topological polar surface area (TPSA) is 86.8 Å². The fourth-order valence-corrected chi connectivity index (χ4v) is 5.39. The van der Waals surface area contributed by atoms with E-state index in [1.54, 1.807) is 49.4 Å². The Morgan fingerprint density at radius 1 is 0.868 bits per heavy atom. The van der Waals surface area contributed by atoms with Crippen LogP contribution in [-0.2, 0) is 26.2 Å². The van der Waals surface area contributed by atoms with E-state index in [1.165, 1.54) is 4.90 Å². The minimum atomic E-state index is -4.08. The first kappa shape index (κ1) is 28.9. The van der Waals surface area contributed by atoms with E-state index in [0.717, 1.165) is 21.0 Å². The minimum Gasteiger partial charge on any atom is -0.350 e. The summed E-state index contributed by atoms with van der Waals surface area (Å²) in [6.45, 7) is 10.7. The average Bonchev–Trinajstić information content (AvgIpc) is 2.85. The molecule has 0 saturated heterocycles. The molecule has 1 atom stereocenters. The molecule has 0 bridgehead atoms. The summed E-state index contributed by atoms with van der Waals surface area (Å²) in [5, 5.41) is 2.93. The van der Waals surface area contributed by atoms with Crippen molar-refractivity contribution in [2.24, 2.45) is 0 Å². The summed E-state index contributed by atoms with van der Waals surface area (Å²) in [7, 11) is -4.08.